The average Bonchev–Trinajstić information content (AvgIpc) is 2.97. The predicted octanol–water partition coefficient (Wildman–Crippen LogP) is -0.380. The van der Waals surface area contributed by atoms with Gasteiger partial charge in [-0.3, -0.25) is 8.98 Å². The van der Waals surface area contributed by atoms with Crippen LogP contribution in [0.1, 0.15) is 6.42 Å². The van der Waals surface area contributed by atoms with Gasteiger partial charge in [0.1, 0.15) is 11.4 Å². The molecular formula is C12H14O7S. The van der Waals surface area contributed by atoms with Gasteiger partial charge in [0, 0.05) is 23.8 Å². The smallest absolute Gasteiger partial charge is 0.330 e. The van der Waals surface area contributed by atoms with E-state index in [1.165, 1.54) is 0 Å². The lowest BCUT2D eigenvalue weighted by Crippen LogP contribution is -2.44. The quantitative estimate of drug-likeness (QED) is 0.295. The van der Waals surface area contributed by atoms with Gasteiger partial charge in [0.2, 0.25) is 0 Å². The van der Waals surface area contributed by atoms with Crippen LogP contribution >= 0.6 is 0 Å². The normalized spacial score (nSPS) is 43.2. The molecule has 0 spiro atoms. The summed E-state index contributed by atoms with van der Waals surface area (Å²) in [7, 11) is -3.75. The van der Waals surface area contributed by atoms with Gasteiger partial charge < -0.3 is 9.47 Å². The zero-order valence-electron chi connectivity index (χ0n) is 10.5. The van der Waals surface area contributed by atoms with Gasteiger partial charge in [-0.25, -0.2) is 4.79 Å². The Hall–Kier alpha value is -1.41. The third-order valence-electron chi connectivity index (χ3n) is 4.46. The molecule has 2 aliphatic carbocycles. The number of carbonyl (C=O) groups is 2. The van der Waals surface area contributed by atoms with Crippen molar-refractivity contribution in [3.63, 3.8) is 0 Å². The molecule has 1 saturated heterocycles. The molecule has 0 aromatic rings. The van der Waals surface area contributed by atoms with Crippen LogP contribution in [0.15, 0.2) is 12.7 Å². The van der Waals surface area contributed by atoms with Crippen LogP contribution < -0.4 is 0 Å². The highest BCUT2D eigenvalue weighted by Gasteiger charge is 2.70. The second-order valence-corrected chi connectivity index (χ2v) is 7.00. The van der Waals surface area contributed by atoms with E-state index < -0.39 is 33.5 Å². The first kappa shape index (κ1) is 13.6. The molecule has 0 radical (unpaired) electrons. The fourth-order valence-electron chi connectivity index (χ4n) is 3.82. The van der Waals surface area contributed by atoms with Crippen LogP contribution in [-0.4, -0.2) is 44.9 Å². The Bertz CT molecular complexity index is 554. The summed E-state index contributed by atoms with van der Waals surface area (Å²) >= 11 is 0. The molecule has 0 amide bonds. The summed E-state index contributed by atoms with van der Waals surface area (Å²) in [5.41, 5.74) is 0. The Morgan fingerprint density at radius 1 is 1.40 bits per heavy atom. The summed E-state index contributed by atoms with van der Waals surface area (Å²) < 4.78 is 39.2. The molecule has 20 heavy (non-hydrogen) atoms. The van der Waals surface area contributed by atoms with Gasteiger partial charge in [0.05, 0.1) is 12.7 Å². The van der Waals surface area contributed by atoms with Crippen LogP contribution in [0.25, 0.3) is 0 Å². The van der Waals surface area contributed by atoms with E-state index in [2.05, 4.69) is 6.58 Å². The monoisotopic (exact) mass is 302 g/mol. The topological polar surface area (TPSA) is 96.0 Å². The third kappa shape index (κ3) is 1.78. The molecule has 2 saturated carbocycles. The fourth-order valence-corrected chi connectivity index (χ4v) is 5.82. The largest absolute Gasteiger partial charge is 0.467 e. The van der Waals surface area contributed by atoms with E-state index in [0.29, 0.717) is 12.9 Å². The molecule has 3 aliphatic rings. The average molecular weight is 302 g/mol. The number of esters is 1. The molecule has 0 N–H and O–H groups in total. The maximum Gasteiger partial charge on any atom is 0.330 e. The summed E-state index contributed by atoms with van der Waals surface area (Å²) in [5, 5.41) is -0.811. The molecule has 7 nitrogen and oxygen atoms in total. The number of hydrogen-bond donors (Lipinski definition) is 0. The maximum atomic E-state index is 12.0. The first-order valence-corrected chi connectivity index (χ1v) is 7.77. The van der Waals surface area contributed by atoms with E-state index in [1.54, 1.807) is 0 Å². The molecule has 0 aromatic carbocycles. The van der Waals surface area contributed by atoms with E-state index in [1.807, 2.05) is 0 Å². The zero-order valence-corrected chi connectivity index (χ0v) is 11.3. The second kappa shape index (κ2) is 4.56. The van der Waals surface area contributed by atoms with E-state index in [0.717, 1.165) is 6.08 Å². The van der Waals surface area contributed by atoms with Crippen molar-refractivity contribution in [1.82, 2.24) is 0 Å². The lowest BCUT2D eigenvalue weighted by molar-refractivity contribution is -0.148. The van der Waals surface area contributed by atoms with Gasteiger partial charge in [-0.15, -0.1) is 0 Å². The summed E-state index contributed by atoms with van der Waals surface area (Å²) in [6, 6.07) is 0. The van der Waals surface area contributed by atoms with Crippen molar-refractivity contribution in [3.8, 4) is 0 Å². The Labute approximate surface area is 116 Å². The first-order chi connectivity index (χ1) is 9.49. The molecule has 3 fully saturated rings. The zero-order chi connectivity index (χ0) is 14.5. The van der Waals surface area contributed by atoms with Crippen molar-refractivity contribution < 1.29 is 31.7 Å². The Balaban J connectivity index is 1.89. The van der Waals surface area contributed by atoms with Crippen LogP contribution in [0.4, 0.5) is 0 Å². The van der Waals surface area contributed by atoms with Crippen molar-refractivity contribution in [2.45, 2.75) is 23.9 Å². The number of hydrogen-bond acceptors (Lipinski definition) is 7. The molecule has 3 rings (SSSR count). The molecule has 0 aromatic heterocycles. The molecular weight excluding hydrogens is 288 g/mol. The molecule has 110 valence electrons. The van der Waals surface area contributed by atoms with E-state index in [9.17, 15) is 18.0 Å². The van der Waals surface area contributed by atoms with Gasteiger partial charge in [-0.05, 0) is 6.42 Å². The van der Waals surface area contributed by atoms with Crippen molar-refractivity contribution in [2.24, 2.45) is 17.8 Å². The van der Waals surface area contributed by atoms with Gasteiger partial charge in [-0.2, -0.15) is 8.42 Å². The lowest BCUT2D eigenvalue weighted by atomic mass is 9.84. The molecule has 6 atom stereocenters. The highest BCUT2D eigenvalue weighted by molar-refractivity contribution is 7.87. The van der Waals surface area contributed by atoms with E-state index in [-0.39, 0.29) is 24.4 Å². The molecule has 2 bridgehead atoms. The number of rotatable bonds is 5. The molecule has 1 heterocycles. The number of fused-ring (bicyclic) bond motifs is 1. The Morgan fingerprint density at radius 2 is 2.15 bits per heavy atom. The second-order valence-electron chi connectivity index (χ2n) is 5.28. The van der Waals surface area contributed by atoms with Gasteiger partial charge >= 0.3 is 5.97 Å². The lowest BCUT2D eigenvalue weighted by Gasteiger charge is -2.30. The number of carbonyl (C=O) groups excluding carboxylic acids is 2. The van der Waals surface area contributed by atoms with E-state index >= 15 is 0 Å². The Morgan fingerprint density at radius 3 is 2.80 bits per heavy atom. The van der Waals surface area contributed by atoms with Crippen LogP contribution in [0.3, 0.4) is 0 Å². The predicted molar refractivity (Wildman–Crippen MR) is 64.8 cm³/mol. The minimum atomic E-state index is -3.75. The van der Waals surface area contributed by atoms with Crippen LogP contribution in [0, 0.1) is 17.8 Å². The highest BCUT2D eigenvalue weighted by Crippen LogP contribution is 2.58. The summed E-state index contributed by atoms with van der Waals surface area (Å²) in [6.07, 6.45) is 0.363. The van der Waals surface area contributed by atoms with Gasteiger partial charge in [0.25, 0.3) is 16.6 Å². The first-order valence-electron chi connectivity index (χ1n) is 6.30. The van der Waals surface area contributed by atoms with E-state index in [4.69, 9.17) is 13.7 Å². The molecule has 1 aliphatic heterocycles. The molecule has 8 heteroatoms. The maximum absolute atomic E-state index is 12.0. The summed E-state index contributed by atoms with van der Waals surface area (Å²) in [5.74, 6) is -1.29. The van der Waals surface area contributed by atoms with Crippen LogP contribution in [-0.2, 0) is 33.4 Å². The SMILES string of the molecule is C=CC(=O)OC1C2CC3C(OS(=O)(=O)C31)C2COC=O. The molecule has 6 unspecified atom stereocenters. The Kier molecular flexibility index (Phi) is 3.09. The summed E-state index contributed by atoms with van der Waals surface area (Å²) in [6.45, 7) is 3.69. The van der Waals surface area contributed by atoms with Crippen LogP contribution in [0.5, 0.6) is 0 Å². The van der Waals surface area contributed by atoms with Crippen molar-refractivity contribution >= 4 is 22.6 Å². The minimum Gasteiger partial charge on any atom is -0.467 e. The van der Waals surface area contributed by atoms with Crippen molar-refractivity contribution in [2.75, 3.05) is 6.61 Å². The van der Waals surface area contributed by atoms with Crippen molar-refractivity contribution in [3.05, 3.63) is 12.7 Å². The van der Waals surface area contributed by atoms with Crippen LogP contribution in [0.2, 0.25) is 0 Å². The minimum absolute atomic E-state index is 0.0692. The highest BCUT2D eigenvalue weighted by atomic mass is 32.2. The van der Waals surface area contributed by atoms with Crippen molar-refractivity contribution in [1.29, 1.82) is 0 Å². The summed E-state index contributed by atoms with van der Waals surface area (Å²) in [4.78, 5) is 21.7. The standard InChI is InChI=1S/C12H14O7S/c1-2-9(14)18-11-6-3-7-10(8(6)4-17-5-13)19-20(15,16)12(7)11/h2,5-8,10-12H,1,3-4H2. The van der Waals surface area contributed by atoms with Gasteiger partial charge in [0.15, 0.2) is 0 Å². The third-order valence-corrected chi connectivity index (χ3v) is 6.24. The number of ether oxygens (including phenoxy) is 2. The fraction of sp³-hybridized carbons (Fsp3) is 0.667. The van der Waals surface area contributed by atoms with Gasteiger partial charge in [-0.1, -0.05) is 6.58 Å².